The summed E-state index contributed by atoms with van der Waals surface area (Å²) in [6.45, 7) is 3.74. The third kappa shape index (κ3) is 3.36. The lowest BCUT2D eigenvalue weighted by Gasteiger charge is -2.17. The molecule has 0 aliphatic carbocycles. The monoisotopic (exact) mass is 227 g/mol. The Morgan fingerprint density at radius 2 is 2.44 bits per heavy atom. The van der Waals surface area contributed by atoms with Crippen LogP contribution in [-0.4, -0.2) is 30.3 Å². The van der Waals surface area contributed by atoms with Crippen molar-refractivity contribution in [1.82, 2.24) is 5.32 Å². The number of rotatable bonds is 6. The summed E-state index contributed by atoms with van der Waals surface area (Å²) in [5, 5.41) is 11.8. The Kier molecular flexibility index (Phi) is 5.01. The summed E-state index contributed by atoms with van der Waals surface area (Å²) >= 11 is 0. The Hall–Kier alpha value is -1.33. The van der Waals surface area contributed by atoms with Crippen LogP contribution in [0.3, 0.4) is 0 Å². The van der Waals surface area contributed by atoms with Gasteiger partial charge in [-0.25, -0.2) is 0 Å². The summed E-state index contributed by atoms with van der Waals surface area (Å²) in [5.74, 6) is 0.261. The maximum Gasteiger partial charge on any atom is 0.249 e. The number of hydrogen-bond acceptors (Lipinski definition) is 4. The summed E-state index contributed by atoms with van der Waals surface area (Å²) in [7, 11) is 0. The van der Waals surface area contributed by atoms with Crippen molar-refractivity contribution < 1.29 is 19.1 Å². The Balaban J connectivity index is 2.54. The molecule has 2 atom stereocenters. The first-order valence-corrected chi connectivity index (χ1v) is 5.25. The highest BCUT2D eigenvalue weighted by atomic mass is 16.5. The van der Waals surface area contributed by atoms with E-state index in [0.29, 0.717) is 12.4 Å². The second-order valence-corrected chi connectivity index (χ2v) is 3.36. The third-order valence-electron chi connectivity index (χ3n) is 2.17. The minimum atomic E-state index is -0.533. The summed E-state index contributed by atoms with van der Waals surface area (Å²) in [5.41, 5.74) is 0. The predicted molar refractivity (Wildman–Crippen MR) is 57.8 cm³/mol. The molecule has 2 unspecified atom stereocenters. The Morgan fingerprint density at radius 3 is 2.94 bits per heavy atom. The van der Waals surface area contributed by atoms with Crippen LogP contribution < -0.4 is 5.32 Å². The molecule has 16 heavy (non-hydrogen) atoms. The molecule has 1 rings (SSSR count). The first kappa shape index (κ1) is 12.7. The van der Waals surface area contributed by atoms with Gasteiger partial charge >= 0.3 is 0 Å². The Bertz CT molecular complexity index is 310. The van der Waals surface area contributed by atoms with Gasteiger partial charge in [0.2, 0.25) is 5.91 Å². The number of furan rings is 1. The fourth-order valence-corrected chi connectivity index (χ4v) is 1.31. The highest BCUT2D eigenvalue weighted by Crippen LogP contribution is 2.12. The van der Waals surface area contributed by atoms with Gasteiger partial charge < -0.3 is 19.6 Å². The van der Waals surface area contributed by atoms with Gasteiger partial charge in [-0.2, -0.15) is 0 Å². The molecule has 1 amide bonds. The van der Waals surface area contributed by atoms with E-state index < -0.39 is 12.1 Å². The molecule has 1 aromatic heterocycles. The van der Waals surface area contributed by atoms with Crippen LogP contribution in [0.2, 0.25) is 0 Å². The summed E-state index contributed by atoms with van der Waals surface area (Å²) in [6.07, 6.45) is 0.963. The van der Waals surface area contributed by atoms with Gasteiger partial charge in [0.25, 0.3) is 0 Å². The number of carbonyl (C=O) groups is 1. The molecule has 90 valence electrons. The number of aliphatic hydroxyl groups is 1. The summed E-state index contributed by atoms with van der Waals surface area (Å²) in [6, 6.07) is 2.88. The van der Waals surface area contributed by atoms with E-state index in [0.717, 1.165) is 0 Å². The van der Waals surface area contributed by atoms with Gasteiger partial charge in [-0.3, -0.25) is 4.79 Å². The van der Waals surface area contributed by atoms with E-state index in [4.69, 9.17) is 14.3 Å². The number of nitrogens with one attached hydrogen (secondary N) is 1. The SMILES string of the molecule is CCOC(C)C(=O)NC(CO)c1ccco1. The first-order chi connectivity index (χ1) is 7.69. The zero-order valence-electron chi connectivity index (χ0n) is 9.47. The quantitative estimate of drug-likeness (QED) is 0.756. The molecule has 0 aliphatic rings. The van der Waals surface area contributed by atoms with Gasteiger partial charge in [0.1, 0.15) is 17.9 Å². The fourth-order valence-electron chi connectivity index (χ4n) is 1.31. The van der Waals surface area contributed by atoms with Crippen LogP contribution in [-0.2, 0) is 9.53 Å². The fraction of sp³-hybridized carbons (Fsp3) is 0.545. The molecule has 0 fully saturated rings. The number of ether oxygens (including phenoxy) is 1. The van der Waals surface area contributed by atoms with E-state index in [1.54, 1.807) is 19.1 Å². The van der Waals surface area contributed by atoms with Gasteiger partial charge in [-0.15, -0.1) is 0 Å². The van der Waals surface area contributed by atoms with Crippen LogP contribution >= 0.6 is 0 Å². The van der Waals surface area contributed by atoms with Crippen molar-refractivity contribution in [3.05, 3.63) is 24.2 Å². The molecule has 0 radical (unpaired) electrons. The van der Waals surface area contributed by atoms with Crippen molar-refractivity contribution in [2.24, 2.45) is 0 Å². The second-order valence-electron chi connectivity index (χ2n) is 3.36. The largest absolute Gasteiger partial charge is 0.467 e. The van der Waals surface area contributed by atoms with E-state index in [1.807, 2.05) is 6.92 Å². The van der Waals surface area contributed by atoms with E-state index in [1.165, 1.54) is 6.26 Å². The number of carbonyl (C=O) groups excluding carboxylic acids is 1. The summed E-state index contributed by atoms with van der Waals surface area (Å²) < 4.78 is 10.3. The lowest BCUT2D eigenvalue weighted by molar-refractivity contribution is -0.132. The minimum Gasteiger partial charge on any atom is -0.467 e. The van der Waals surface area contributed by atoms with Crippen molar-refractivity contribution in [3.8, 4) is 0 Å². The molecule has 0 saturated carbocycles. The van der Waals surface area contributed by atoms with Crippen molar-refractivity contribution >= 4 is 5.91 Å². The van der Waals surface area contributed by atoms with E-state index in [9.17, 15) is 4.79 Å². The highest BCUT2D eigenvalue weighted by Gasteiger charge is 2.20. The van der Waals surface area contributed by atoms with E-state index in [2.05, 4.69) is 5.32 Å². The lowest BCUT2D eigenvalue weighted by Crippen LogP contribution is -2.38. The molecule has 0 aliphatic heterocycles. The molecular formula is C11H17NO4. The van der Waals surface area contributed by atoms with Gasteiger partial charge in [-0.1, -0.05) is 0 Å². The van der Waals surface area contributed by atoms with Crippen LogP contribution in [0, 0.1) is 0 Å². The normalized spacial score (nSPS) is 14.4. The van der Waals surface area contributed by atoms with E-state index >= 15 is 0 Å². The van der Waals surface area contributed by atoms with Gasteiger partial charge in [-0.05, 0) is 26.0 Å². The van der Waals surface area contributed by atoms with Crippen molar-refractivity contribution in [3.63, 3.8) is 0 Å². The van der Waals surface area contributed by atoms with Gasteiger partial charge in [0.05, 0.1) is 12.9 Å². The number of amides is 1. The van der Waals surface area contributed by atoms with Crippen LogP contribution in [0.15, 0.2) is 22.8 Å². The molecular weight excluding hydrogens is 210 g/mol. The zero-order chi connectivity index (χ0) is 12.0. The van der Waals surface area contributed by atoms with Crippen LogP contribution in [0.5, 0.6) is 0 Å². The van der Waals surface area contributed by atoms with Crippen molar-refractivity contribution in [2.45, 2.75) is 26.0 Å². The molecule has 5 heteroatoms. The smallest absolute Gasteiger partial charge is 0.249 e. The van der Waals surface area contributed by atoms with Crippen LogP contribution in [0.1, 0.15) is 25.6 Å². The molecule has 1 heterocycles. The third-order valence-corrected chi connectivity index (χ3v) is 2.17. The van der Waals surface area contributed by atoms with Crippen molar-refractivity contribution in [2.75, 3.05) is 13.2 Å². The second kappa shape index (κ2) is 6.30. The van der Waals surface area contributed by atoms with Crippen LogP contribution in [0.4, 0.5) is 0 Å². The zero-order valence-corrected chi connectivity index (χ0v) is 9.47. The Labute approximate surface area is 94.4 Å². The molecule has 0 bridgehead atoms. The lowest BCUT2D eigenvalue weighted by atomic mass is 10.2. The Morgan fingerprint density at radius 1 is 1.69 bits per heavy atom. The topological polar surface area (TPSA) is 71.7 Å². The molecule has 0 saturated heterocycles. The predicted octanol–water partition coefficient (Wildman–Crippen LogP) is 0.854. The standard InChI is InChI=1S/C11H17NO4/c1-3-15-8(2)11(14)12-9(7-13)10-5-4-6-16-10/h4-6,8-9,13H,3,7H2,1-2H3,(H,12,14). The first-order valence-electron chi connectivity index (χ1n) is 5.25. The van der Waals surface area contributed by atoms with Crippen molar-refractivity contribution in [1.29, 1.82) is 0 Å². The highest BCUT2D eigenvalue weighted by molar-refractivity contribution is 5.80. The van der Waals surface area contributed by atoms with Crippen LogP contribution in [0.25, 0.3) is 0 Å². The maximum atomic E-state index is 11.6. The molecule has 1 aromatic rings. The van der Waals surface area contributed by atoms with Gasteiger partial charge in [0, 0.05) is 6.61 Å². The summed E-state index contributed by atoms with van der Waals surface area (Å²) in [4.78, 5) is 11.6. The molecule has 5 nitrogen and oxygen atoms in total. The van der Waals surface area contributed by atoms with Gasteiger partial charge in [0.15, 0.2) is 0 Å². The average Bonchev–Trinajstić information content (AvgIpc) is 2.79. The van der Waals surface area contributed by atoms with E-state index in [-0.39, 0.29) is 12.5 Å². The number of aliphatic hydroxyl groups excluding tert-OH is 1. The molecule has 0 aromatic carbocycles. The molecule has 0 spiro atoms. The molecule has 2 N–H and O–H groups in total. The minimum absolute atomic E-state index is 0.210. The average molecular weight is 227 g/mol. The number of hydrogen-bond donors (Lipinski definition) is 2. The maximum absolute atomic E-state index is 11.6.